The second-order valence-electron chi connectivity index (χ2n) is 7.02. The quantitative estimate of drug-likeness (QED) is 0.830. The summed E-state index contributed by atoms with van der Waals surface area (Å²) in [6.07, 6.45) is 6.09. The topological polar surface area (TPSA) is 32.3 Å². The Hall–Kier alpha value is -1.09. The maximum absolute atomic E-state index is 13.3. The lowest BCUT2D eigenvalue weighted by atomic mass is 9.69. The Morgan fingerprint density at radius 3 is 2.52 bits per heavy atom. The minimum absolute atomic E-state index is 0.217. The number of benzene rings is 1. The van der Waals surface area contributed by atoms with Crippen molar-refractivity contribution in [3.8, 4) is 5.75 Å². The van der Waals surface area contributed by atoms with Gasteiger partial charge >= 0.3 is 0 Å². The van der Waals surface area contributed by atoms with Crippen molar-refractivity contribution in [1.29, 1.82) is 0 Å². The molecule has 2 nitrogen and oxygen atoms in total. The van der Waals surface area contributed by atoms with Crippen molar-refractivity contribution in [3.63, 3.8) is 0 Å². The van der Waals surface area contributed by atoms with Gasteiger partial charge in [-0.05, 0) is 43.1 Å². The van der Waals surface area contributed by atoms with E-state index in [1.165, 1.54) is 38.2 Å². The molecular weight excluding hydrogens is 265 g/mol. The van der Waals surface area contributed by atoms with Gasteiger partial charge in [-0.25, -0.2) is 4.39 Å². The zero-order chi connectivity index (χ0) is 15.5. The first-order valence-corrected chi connectivity index (χ1v) is 8.13. The second-order valence-corrected chi connectivity index (χ2v) is 7.02. The molecule has 0 aromatic heterocycles. The molecule has 1 aromatic carbocycles. The van der Waals surface area contributed by atoms with Gasteiger partial charge in [0.15, 0.2) is 11.6 Å². The second kappa shape index (κ2) is 6.78. The molecule has 2 N–H and O–H groups in total. The molecule has 1 fully saturated rings. The van der Waals surface area contributed by atoms with Crippen LogP contribution in [0.25, 0.3) is 0 Å². The first-order valence-electron chi connectivity index (χ1n) is 8.13. The fraction of sp³-hybridized carbons (Fsp3) is 0.667. The summed E-state index contributed by atoms with van der Waals surface area (Å²) in [5, 5.41) is 13.2. The maximum atomic E-state index is 13.3. The summed E-state index contributed by atoms with van der Waals surface area (Å²) in [5.41, 5.74) is 1.08. The largest absolute Gasteiger partial charge is 0.505 e. The molecule has 2 rings (SSSR count). The van der Waals surface area contributed by atoms with Crippen molar-refractivity contribution < 1.29 is 9.50 Å². The van der Waals surface area contributed by atoms with E-state index in [0.717, 1.165) is 5.92 Å². The number of aromatic hydroxyl groups is 1. The van der Waals surface area contributed by atoms with Crippen LogP contribution in [-0.2, 0) is 6.54 Å². The van der Waals surface area contributed by atoms with Gasteiger partial charge < -0.3 is 10.4 Å². The first-order chi connectivity index (χ1) is 9.94. The number of phenolic OH excluding ortho intramolecular Hbond substituents is 1. The van der Waals surface area contributed by atoms with Gasteiger partial charge in [0.2, 0.25) is 0 Å². The molecule has 0 bridgehead atoms. The summed E-state index contributed by atoms with van der Waals surface area (Å²) >= 11 is 0. The number of hydrogen-bond donors (Lipinski definition) is 2. The lowest BCUT2D eigenvalue weighted by molar-refractivity contribution is 0.136. The standard InChI is InChI=1S/C18H28FNO/c1-4-18(2,3)14-8-10-15(11-9-14)20-12-13-6-5-7-16(19)17(13)21/h5-7,14-15,20-21H,4,8-12H2,1-3H3. The number of nitrogens with one attached hydrogen (secondary N) is 1. The Bertz CT molecular complexity index is 464. The molecule has 1 saturated carbocycles. The predicted octanol–water partition coefficient (Wildman–Crippen LogP) is 4.62. The molecule has 21 heavy (non-hydrogen) atoms. The van der Waals surface area contributed by atoms with Crippen molar-refractivity contribution in [1.82, 2.24) is 5.32 Å². The zero-order valence-electron chi connectivity index (χ0n) is 13.5. The van der Waals surface area contributed by atoms with Gasteiger partial charge in [-0.15, -0.1) is 0 Å². The molecule has 0 spiro atoms. The van der Waals surface area contributed by atoms with Gasteiger partial charge in [-0.1, -0.05) is 39.3 Å². The molecular formula is C18H28FNO. The molecule has 0 unspecified atom stereocenters. The molecule has 0 radical (unpaired) electrons. The van der Waals surface area contributed by atoms with E-state index in [-0.39, 0.29) is 5.75 Å². The molecule has 0 amide bonds. The molecule has 118 valence electrons. The average molecular weight is 293 g/mol. The number of rotatable bonds is 5. The molecule has 0 heterocycles. The fourth-order valence-corrected chi connectivity index (χ4v) is 3.32. The highest BCUT2D eigenvalue weighted by molar-refractivity contribution is 5.33. The van der Waals surface area contributed by atoms with Crippen LogP contribution < -0.4 is 5.32 Å². The van der Waals surface area contributed by atoms with Crippen LogP contribution in [0, 0.1) is 17.2 Å². The van der Waals surface area contributed by atoms with Gasteiger partial charge in [-0.2, -0.15) is 0 Å². The highest BCUT2D eigenvalue weighted by atomic mass is 19.1. The van der Waals surface area contributed by atoms with Crippen molar-refractivity contribution >= 4 is 0 Å². The highest BCUT2D eigenvalue weighted by Gasteiger charge is 2.31. The fourth-order valence-electron chi connectivity index (χ4n) is 3.32. The summed E-state index contributed by atoms with van der Waals surface area (Å²) in [7, 11) is 0. The molecule has 0 aliphatic heterocycles. The maximum Gasteiger partial charge on any atom is 0.165 e. The molecule has 3 heteroatoms. The summed E-state index contributed by atoms with van der Waals surface area (Å²) < 4.78 is 13.3. The third-order valence-electron chi connectivity index (χ3n) is 5.40. The Morgan fingerprint density at radius 2 is 1.90 bits per heavy atom. The van der Waals surface area contributed by atoms with Crippen molar-refractivity contribution in [2.24, 2.45) is 11.3 Å². The molecule has 1 aliphatic rings. The number of halogens is 1. The smallest absolute Gasteiger partial charge is 0.165 e. The van der Waals surface area contributed by atoms with E-state index in [1.807, 2.05) is 0 Å². The monoisotopic (exact) mass is 293 g/mol. The van der Waals surface area contributed by atoms with Gasteiger partial charge in [0.25, 0.3) is 0 Å². The van der Waals surface area contributed by atoms with E-state index in [4.69, 9.17) is 0 Å². The minimum Gasteiger partial charge on any atom is -0.505 e. The summed E-state index contributed by atoms with van der Waals surface area (Å²) in [6.45, 7) is 7.56. The summed E-state index contributed by atoms with van der Waals surface area (Å²) in [6, 6.07) is 5.19. The van der Waals surface area contributed by atoms with E-state index in [1.54, 1.807) is 12.1 Å². The summed E-state index contributed by atoms with van der Waals surface area (Å²) in [4.78, 5) is 0. The predicted molar refractivity (Wildman–Crippen MR) is 84.7 cm³/mol. The summed E-state index contributed by atoms with van der Waals surface area (Å²) in [5.74, 6) is 0.0524. The number of phenols is 1. The van der Waals surface area contributed by atoms with Gasteiger partial charge in [0.1, 0.15) is 0 Å². The first kappa shape index (κ1) is 16.3. The van der Waals surface area contributed by atoms with E-state index in [0.29, 0.717) is 23.6 Å². The van der Waals surface area contributed by atoms with Gasteiger partial charge in [-0.3, -0.25) is 0 Å². The SMILES string of the molecule is CCC(C)(C)C1CCC(NCc2cccc(F)c2O)CC1. The van der Waals surface area contributed by atoms with Crippen molar-refractivity contribution in [2.75, 3.05) is 0 Å². The van der Waals surface area contributed by atoms with Gasteiger partial charge in [0, 0.05) is 18.2 Å². The molecule has 0 saturated heterocycles. The molecule has 1 aliphatic carbocycles. The Kier molecular flexibility index (Phi) is 5.26. The Balaban J connectivity index is 1.83. The van der Waals surface area contributed by atoms with E-state index in [9.17, 15) is 9.50 Å². The van der Waals surface area contributed by atoms with Crippen LogP contribution in [0.2, 0.25) is 0 Å². The van der Waals surface area contributed by atoms with E-state index in [2.05, 4.69) is 26.1 Å². The molecule has 0 atom stereocenters. The van der Waals surface area contributed by atoms with Crippen LogP contribution in [0.5, 0.6) is 5.75 Å². The van der Waals surface area contributed by atoms with E-state index < -0.39 is 5.82 Å². The van der Waals surface area contributed by atoms with Crippen LogP contribution in [0.1, 0.15) is 58.4 Å². The van der Waals surface area contributed by atoms with Crippen LogP contribution in [0.4, 0.5) is 4.39 Å². The highest BCUT2D eigenvalue weighted by Crippen LogP contribution is 2.40. The lowest BCUT2D eigenvalue weighted by Gasteiger charge is -2.39. The normalized spacial score (nSPS) is 23.2. The van der Waals surface area contributed by atoms with Crippen molar-refractivity contribution in [2.45, 2.75) is 65.5 Å². The number of hydrogen-bond acceptors (Lipinski definition) is 2. The zero-order valence-corrected chi connectivity index (χ0v) is 13.5. The van der Waals surface area contributed by atoms with Crippen LogP contribution in [0.3, 0.4) is 0 Å². The minimum atomic E-state index is -0.539. The Morgan fingerprint density at radius 1 is 1.24 bits per heavy atom. The van der Waals surface area contributed by atoms with Crippen LogP contribution in [0.15, 0.2) is 18.2 Å². The van der Waals surface area contributed by atoms with Gasteiger partial charge in [0.05, 0.1) is 0 Å². The van der Waals surface area contributed by atoms with Crippen molar-refractivity contribution in [3.05, 3.63) is 29.6 Å². The molecule has 1 aromatic rings. The average Bonchev–Trinajstić information content (AvgIpc) is 2.49. The number of para-hydroxylation sites is 1. The van der Waals surface area contributed by atoms with Crippen LogP contribution >= 0.6 is 0 Å². The third kappa shape index (κ3) is 3.97. The third-order valence-corrected chi connectivity index (χ3v) is 5.40. The van der Waals surface area contributed by atoms with Crippen LogP contribution in [-0.4, -0.2) is 11.1 Å². The lowest BCUT2D eigenvalue weighted by Crippen LogP contribution is -2.36. The van der Waals surface area contributed by atoms with E-state index >= 15 is 0 Å². The Labute approximate surface area is 127 Å².